The standard InChI is InChI=1S/C54H60N10O7S2/c1-35-29-46(53-63(23-26-70-53)54(66)71-27-28-72-73-49-9-5-6-18-56-49)64(34-35)52(65)40-32-47(67-3)48(33-41(40)55)69-25-8-4-7-24-68-39-14-10-36(11-15-39)50-57-42-16-12-37(30-44(42)59-50)51-58-43-17-13-38(31-45(43)60-51)62-21-19-61(2)20-22-62/h5-6,9-18,30-33,46,53H,1,4,7-8,19-29,34,55H2,2-3H3,(H,57,59)(H,58,60). The SMILES string of the molecule is C=C1CC(C2OCCN2C(=O)OCCSSc2ccccn2)N(C(=O)c2cc(OC)c(OCCCCCOc3ccc(-c4nc5ccc(-c6nc7ccc(N8CCN(C)CC8)cc7[nH]6)cc5[nH]4)cc3)cc2N)C1. The lowest BCUT2D eigenvalue weighted by molar-refractivity contribution is -0.0200. The van der Waals surface area contributed by atoms with Crippen LogP contribution >= 0.6 is 21.6 Å². The third-order valence-electron chi connectivity index (χ3n) is 13.3. The first-order valence-electron chi connectivity index (χ1n) is 24.7. The van der Waals surface area contributed by atoms with Crippen LogP contribution in [-0.4, -0.2) is 149 Å². The van der Waals surface area contributed by atoms with Crippen LogP contribution in [0.5, 0.6) is 17.2 Å². The van der Waals surface area contributed by atoms with Gasteiger partial charge in [0.05, 0.1) is 67.1 Å². The summed E-state index contributed by atoms with van der Waals surface area (Å²) in [6.07, 6.45) is 3.52. The predicted molar refractivity (Wildman–Crippen MR) is 288 cm³/mol. The van der Waals surface area contributed by atoms with Crippen LogP contribution in [0.4, 0.5) is 16.2 Å². The first-order chi connectivity index (χ1) is 35.7. The molecule has 0 saturated carbocycles. The fraction of sp³-hybridized carbons (Fsp3) is 0.352. The van der Waals surface area contributed by atoms with E-state index >= 15 is 0 Å². The fourth-order valence-corrected chi connectivity index (χ4v) is 11.1. The number of piperazine rings is 1. The molecule has 3 saturated heterocycles. The second kappa shape index (κ2) is 22.9. The molecule has 2 atom stereocenters. The summed E-state index contributed by atoms with van der Waals surface area (Å²) in [4.78, 5) is 56.5. The average molecular weight is 1030 g/mol. The number of likely N-dealkylation sites (N-methyl/N-ethyl adjacent to an activating group) is 1. The van der Waals surface area contributed by atoms with Crippen LogP contribution < -0.4 is 24.8 Å². The molecular formula is C54H60N10O7S2. The normalized spacial score (nSPS) is 17.2. The number of methoxy groups -OCH3 is 1. The number of fused-ring (bicyclic) bond motifs is 2. The molecule has 4 N–H and O–H groups in total. The Hall–Kier alpha value is -6.93. The van der Waals surface area contributed by atoms with Crippen molar-refractivity contribution in [2.45, 2.75) is 43.0 Å². The fourth-order valence-electron chi connectivity index (χ4n) is 9.39. The summed E-state index contributed by atoms with van der Waals surface area (Å²) in [5.41, 5.74) is 14.9. The van der Waals surface area contributed by atoms with Crippen molar-refractivity contribution in [3.05, 3.63) is 115 Å². The van der Waals surface area contributed by atoms with Crippen LogP contribution in [0.2, 0.25) is 0 Å². The lowest BCUT2D eigenvalue weighted by Gasteiger charge is -2.34. The van der Waals surface area contributed by atoms with E-state index in [4.69, 9.17) is 39.4 Å². The molecule has 3 fully saturated rings. The smallest absolute Gasteiger partial charge is 0.412 e. The predicted octanol–water partition coefficient (Wildman–Crippen LogP) is 9.15. The molecule has 0 spiro atoms. The van der Waals surface area contributed by atoms with E-state index in [0.29, 0.717) is 56.6 Å². The molecule has 2 amide bonds. The Labute approximate surface area is 432 Å². The number of nitrogens with one attached hydrogen (secondary N) is 2. The summed E-state index contributed by atoms with van der Waals surface area (Å²) in [5.74, 6) is 3.51. The van der Waals surface area contributed by atoms with Crippen molar-refractivity contribution in [1.82, 2.24) is 39.6 Å². The van der Waals surface area contributed by atoms with Crippen molar-refractivity contribution in [3.8, 4) is 40.0 Å². The number of ether oxygens (including phenoxy) is 5. The lowest BCUT2D eigenvalue weighted by atomic mass is 10.1. The minimum atomic E-state index is -0.690. The van der Waals surface area contributed by atoms with Crippen molar-refractivity contribution in [2.75, 3.05) is 96.2 Å². The molecule has 19 heteroatoms. The van der Waals surface area contributed by atoms with Crippen LogP contribution in [0.25, 0.3) is 44.8 Å². The molecule has 17 nitrogen and oxygen atoms in total. The van der Waals surface area contributed by atoms with E-state index in [0.717, 1.165) is 107 Å². The highest BCUT2D eigenvalue weighted by molar-refractivity contribution is 8.76. The number of imidazole rings is 2. The quantitative estimate of drug-likeness (QED) is 0.0301. The number of nitrogens with two attached hydrogens (primary N) is 1. The number of aromatic amines is 2. The summed E-state index contributed by atoms with van der Waals surface area (Å²) in [6.45, 7) is 10.5. The molecule has 3 aliphatic rings. The van der Waals surface area contributed by atoms with Crippen molar-refractivity contribution in [1.29, 1.82) is 0 Å². The van der Waals surface area contributed by atoms with Gasteiger partial charge in [0, 0.05) is 73.2 Å². The van der Waals surface area contributed by atoms with Gasteiger partial charge >= 0.3 is 6.09 Å². The van der Waals surface area contributed by atoms with Gasteiger partial charge in [-0.15, -0.1) is 0 Å². The number of H-pyrrole nitrogens is 2. The molecule has 4 aromatic carbocycles. The molecular weight excluding hydrogens is 965 g/mol. The van der Waals surface area contributed by atoms with Gasteiger partial charge in [0.1, 0.15) is 29.0 Å². The Morgan fingerprint density at radius 3 is 2.32 bits per heavy atom. The Kier molecular flexibility index (Phi) is 15.6. The monoisotopic (exact) mass is 1020 g/mol. The maximum absolute atomic E-state index is 14.2. The molecule has 2 unspecified atom stereocenters. The van der Waals surface area contributed by atoms with Gasteiger partial charge in [-0.1, -0.05) is 29.0 Å². The molecule has 6 heterocycles. The van der Waals surface area contributed by atoms with Gasteiger partial charge < -0.3 is 54.1 Å². The minimum absolute atomic E-state index is 0.224. The summed E-state index contributed by atoms with van der Waals surface area (Å²) < 4.78 is 29.6. The molecule has 0 bridgehead atoms. The number of hydrogen-bond acceptors (Lipinski definition) is 15. The van der Waals surface area contributed by atoms with Gasteiger partial charge in [0.25, 0.3) is 5.91 Å². The van der Waals surface area contributed by atoms with Gasteiger partial charge in [-0.3, -0.25) is 9.69 Å². The van der Waals surface area contributed by atoms with Gasteiger partial charge in [-0.05, 0) is 122 Å². The summed E-state index contributed by atoms with van der Waals surface area (Å²) in [7, 11) is 6.78. The maximum atomic E-state index is 14.2. The maximum Gasteiger partial charge on any atom is 0.412 e. The van der Waals surface area contributed by atoms with Crippen molar-refractivity contribution in [2.24, 2.45) is 0 Å². The van der Waals surface area contributed by atoms with E-state index in [2.05, 4.69) is 68.7 Å². The van der Waals surface area contributed by atoms with Crippen LogP contribution in [0.3, 0.4) is 0 Å². The molecule has 73 heavy (non-hydrogen) atoms. The van der Waals surface area contributed by atoms with E-state index in [-0.39, 0.29) is 23.8 Å². The lowest BCUT2D eigenvalue weighted by Crippen LogP contribution is -2.51. The molecule has 380 valence electrons. The van der Waals surface area contributed by atoms with Gasteiger partial charge in [0.15, 0.2) is 17.7 Å². The number of carbonyl (C=O) groups is 2. The van der Waals surface area contributed by atoms with Crippen LogP contribution in [0.1, 0.15) is 36.0 Å². The average Bonchev–Trinajstić information content (AvgIpc) is 4.24. The number of amides is 2. The van der Waals surface area contributed by atoms with E-state index in [1.165, 1.54) is 23.6 Å². The summed E-state index contributed by atoms with van der Waals surface area (Å²) in [6, 6.07) is 29.1. The first kappa shape index (κ1) is 49.6. The van der Waals surface area contributed by atoms with Crippen molar-refractivity contribution >= 4 is 67.0 Å². The number of nitrogen functional groups attached to an aromatic ring is 1. The van der Waals surface area contributed by atoms with Gasteiger partial charge in [0.2, 0.25) is 0 Å². The Bertz CT molecular complexity index is 3050. The number of carbonyl (C=O) groups excluding carboxylic acids is 2. The zero-order valence-corrected chi connectivity index (χ0v) is 42.7. The van der Waals surface area contributed by atoms with Crippen LogP contribution in [-0.2, 0) is 9.47 Å². The van der Waals surface area contributed by atoms with Crippen molar-refractivity contribution in [3.63, 3.8) is 0 Å². The van der Waals surface area contributed by atoms with Crippen LogP contribution in [0, 0.1) is 0 Å². The van der Waals surface area contributed by atoms with E-state index in [1.807, 2.05) is 48.5 Å². The molecule has 0 aliphatic carbocycles. The van der Waals surface area contributed by atoms with Gasteiger partial charge in [-0.2, -0.15) is 0 Å². The third kappa shape index (κ3) is 11.6. The number of nitrogens with zero attached hydrogens (tertiary/aromatic N) is 7. The second-order valence-corrected chi connectivity index (χ2v) is 20.8. The summed E-state index contributed by atoms with van der Waals surface area (Å²) >= 11 is 0. The van der Waals surface area contributed by atoms with Crippen molar-refractivity contribution < 1.29 is 33.3 Å². The Morgan fingerprint density at radius 1 is 0.808 bits per heavy atom. The van der Waals surface area contributed by atoms with E-state index in [1.54, 1.807) is 38.9 Å². The first-order valence-corrected chi connectivity index (χ1v) is 27.0. The number of unbranched alkanes of at least 4 members (excludes halogenated alkanes) is 2. The Morgan fingerprint density at radius 2 is 1.55 bits per heavy atom. The largest absolute Gasteiger partial charge is 0.494 e. The second-order valence-electron chi connectivity index (χ2n) is 18.4. The number of aromatic nitrogens is 5. The van der Waals surface area contributed by atoms with Crippen LogP contribution in [0.15, 0.2) is 114 Å². The number of pyridine rings is 1. The zero-order chi connectivity index (χ0) is 50.3. The molecule has 10 rings (SSSR count). The zero-order valence-electron chi connectivity index (χ0n) is 41.1. The van der Waals surface area contributed by atoms with Gasteiger partial charge in [-0.25, -0.2) is 19.7 Å². The number of likely N-dealkylation sites (tertiary alicyclic amines) is 1. The third-order valence-corrected chi connectivity index (χ3v) is 15.5. The summed E-state index contributed by atoms with van der Waals surface area (Å²) in [5, 5.41) is 0.888. The molecule has 3 aromatic heterocycles. The van der Waals surface area contributed by atoms with E-state index in [9.17, 15) is 9.59 Å². The highest BCUT2D eigenvalue weighted by atomic mass is 33.1. The highest BCUT2D eigenvalue weighted by Gasteiger charge is 2.45. The van der Waals surface area contributed by atoms with E-state index < -0.39 is 18.4 Å². The number of rotatable bonds is 19. The highest BCUT2D eigenvalue weighted by Crippen LogP contribution is 2.37. The topological polar surface area (TPSA) is 190 Å². The molecule has 7 aromatic rings. The number of benzene rings is 4. The molecule has 3 aliphatic heterocycles. The Balaban J connectivity index is 0.669. The minimum Gasteiger partial charge on any atom is -0.494 e. The number of anilines is 2. The molecule has 0 radical (unpaired) electrons. The number of hydrogen-bond donors (Lipinski definition) is 3.